The average Bonchev–Trinajstić information content (AvgIpc) is 2.74. The normalized spacial score (nSPS) is 10.7. The van der Waals surface area contributed by atoms with Crippen LogP contribution in [0, 0.1) is 6.92 Å². The Kier molecular flexibility index (Phi) is 2.58. The summed E-state index contributed by atoms with van der Waals surface area (Å²) < 4.78 is 4.92. The third kappa shape index (κ3) is 1.67. The van der Waals surface area contributed by atoms with Gasteiger partial charge in [0.05, 0.1) is 0 Å². The number of aromatic nitrogens is 2. The molecule has 0 aliphatic rings. The van der Waals surface area contributed by atoms with Gasteiger partial charge in [-0.25, -0.2) is 5.90 Å². The van der Waals surface area contributed by atoms with E-state index in [1.165, 1.54) is 0 Å². The summed E-state index contributed by atoms with van der Waals surface area (Å²) in [7, 11) is 0. The smallest absolute Gasteiger partial charge is 0.255 e. The van der Waals surface area contributed by atoms with Gasteiger partial charge in [0.1, 0.15) is 6.61 Å². The number of thiophene rings is 1. The van der Waals surface area contributed by atoms with Gasteiger partial charge in [0, 0.05) is 10.9 Å². The zero-order chi connectivity index (χ0) is 9.97. The monoisotopic (exact) mass is 211 g/mol. The molecule has 0 amide bonds. The predicted molar refractivity (Wildman–Crippen MR) is 51.3 cm³/mol. The minimum atomic E-state index is 0.135. The van der Waals surface area contributed by atoms with E-state index in [1.807, 2.05) is 17.7 Å². The van der Waals surface area contributed by atoms with E-state index < -0.39 is 0 Å². The molecule has 0 saturated heterocycles. The molecule has 0 saturated carbocycles. The average molecular weight is 211 g/mol. The van der Waals surface area contributed by atoms with Crippen molar-refractivity contribution in [2.45, 2.75) is 13.5 Å². The third-order valence-electron chi connectivity index (χ3n) is 1.77. The fourth-order valence-electron chi connectivity index (χ4n) is 1.08. The van der Waals surface area contributed by atoms with Crippen molar-refractivity contribution >= 4 is 11.3 Å². The van der Waals surface area contributed by atoms with Crippen LogP contribution >= 0.6 is 11.3 Å². The molecule has 0 atom stereocenters. The number of rotatable bonds is 3. The van der Waals surface area contributed by atoms with Gasteiger partial charge in [-0.3, -0.25) is 4.84 Å². The first kappa shape index (κ1) is 9.32. The fourth-order valence-corrected chi connectivity index (χ4v) is 1.91. The van der Waals surface area contributed by atoms with Gasteiger partial charge in [0.2, 0.25) is 5.82 Å². The number of nitrogens with two attached hydrogens (primary N) is 1. The molecule has 2 rings (SSSR count). The molecule has 6 heteroatoms. The van der Waals surface area contributed by atoms with Gasteiger partial charge in [-0.2, -0.15) is 16.3 Å². The Morgan fingerprint density at radius 2 is 2.43 bits per heavy atom. The summed E-state index contributed by atoms with van der Waals surface area (Å²) in [5, 5.41) is 7.84. The summed E-state index contributed by atoms with van der Waals surface area (Å²) in [6.45, 7) is 2.14. The second-order valence-corrected chi connectivity index (χ2v) is 3.53. The van der Waals surface area contributed by atoms with E-state index in [2.05, 4.69) is 15.0 Å². The summed E-state index contributed by atoms with van der Waals surface area (Å²) in [6.07, 6.45) is 0. The molecule has 0 aliphatic heterocycles. The summed E-state index contributed by atoms with van der Waals surface area (Å²) in [5.41, 5.74) is 2.12. The second kappa shape index (κ2) is 3.87. The van der Waals surface area contributed by atoms with E-state index in [9.17, 15) is 0 Å². The molecule has 2 heterocycles. The van der Waals surface area contributed by atoms with Crippen molar-refractivity contribution in [3.8, 4) is 11.4 Å². The predicted octanol–water partition coefficient (Wildman–Crippen LogP) is 1.50. The lowest BCUT2D eigenvalue weighted by atomic mass is 10.2. The molecule has 0 fully saturated rings. The zero-order valence-electron chi connectivity index (χ0n) is 7.56. The maximum atomic E-state index is 4.92. The number of hydrogen-bond donors (Lipinski definition) is 1. The molecule has 14 heavy (non-hydrogen) atoms. The Hall–Kier alpha value is -1.24. The topological polar surface area (TPSA) is 74.2 Å². The first-order chi connectivity index (χ1) is 6.81. The molecule has 0 bridgehead atoms. The molecule has 0 radical (unpaired) electrons. The Morgan fingerprint density at radius 3 is 3.07 bits per heavy atom. The van der Waals surface area contributed by atoms with E-state index >= 15 is 0 Å². The molecule has 0 unspecified atom stereocenters. The minimum Gasteiger partial charge on any atom is -0.336 e. The van der Waals surface area contributed by atoms with Crippen LogP contribution in [0.2, 0.25) is 0 Å². The van der Waals surface area contributed by atoms with Crippen LogP contribution in [0.25, 0.3) is 11.4 Å². The van der Waals surface area contributed by atoms with Gasteiger partial charge in [-0.05, 0) is 17.9 Å². The van der Waals surface area contributed by atoms with Gasteiger partial charge in [-0.15, -0.1) is 0 Å². The molecular formula is C8H9N3O2S. The van der Waals surface area contributed by atoms with E-state index in [-0.39, 0.29) is 6.61 Å². The van der Waals surface area contributed by atoms with Gasteiger partial charge in [-0.1, -0.05) is 5.16 Å². The van der Waals surface area contributed by atoms with Crippen molar-refractivity contribution in [2.75, 3.05) is 0 Å². The first-order valence-electron chi connectivity index (χ1n) is 3.98. The van der Waals surface area contributed by atoms with E-state index in [1.54, 1.807) is 11.3 Å². The van der Waals surface area contributed by atoms with Crippen molar-refractivity contribution in [1.82, 2.24) is 10.1 Å². The first-order valence-corrected chi connectivity index (χ1v) is 4.93. The summed E-state index contributed by atoms with van der Waals surface area (Å²) in [4.78, 5) is 8.52. The van der Waals surface area contributed by atoms with Crippen LogP contribution in [0.1, 0.15) is 11.5 Å². The van der Waals surface area contributed by atoms with Gasteiger partial charge < -0.3 is 4.52 Å². The van der Waals surface area contributed by atoms with Crippen molar-refractivity contribution in [3.63, 3.8) is 0 Å². The zero-order valence-corrected chi connectivity index (χ0v) is 8.37. The molecule has 5 nitrogen and oxygen atoms in total. The van der Waals surface area contributed by atoms with Gasteiger partial charge >= 0.3 is 0 Å². The highest BCUT2D eigenvalue weighted by molar-refractivity contribution is 7.08. The minimum absolute atomic E-state index is 0.135. The largest absolute Gasteiger partial charge is 0.336 e. The number of aryl methyl sites for hydroxylation is 1. The quantitative estimate of drug-likeness (QED) is 0.778. The van der Waals surface area contributed by atoms with Crippen molar-refractivity contribution in [1.29, 1.82) is 0 Å². The lowest BCUT2D eigenvalue weighted by Crippen LogP contribution is -1.98. The summed E-state index contributed by atoms with van der Waals surface area (Å²) in [5.74, 6) is 5.85. The van der Waals surface area contributed by atoms with Crippen LogP contribution in [-0.2, 0) is 11.4 Å². The Balaban J connectivity index is 2.29. The molecule has 2 aromatic heterocycles. The molecule has 0 spiro atoms. The number of hydrogen-bond acceptors (Lipinski definition) is 6. The second-order valence-electron chi connectivity index (χ2n) is 2.79. The van der Waals surface area contributed by atoms with Crippen LogP contribution in [0.15, 0.2) is 15.3 Å². The highest BCUT2D eigenvalue weighted by atomic mass is 32.1. The van der Waals surface area contributed by atoms with Crippen LogP contribution in [-0.4, -0.2) is 10.1 Å². The summed E-state index contributed by atoms with van der Waals surface area (Å²) in [6, 6.07) is 0. The summed E-state index contributed by atoms with van der Waals surface area (Å²) >= 11 is 1.61. The van der Waals surface area contributed by atoms with Crippen LogP contribution in [0.4, 0.5) is 0 Å². The van der Waals surface area contributed by atoms with Crippen molar-refractivity contribution in [2.24, 2.45) is 5.90 Å². The maximum Gasteiger partial charge on any atom is 0.255 e. The van der Waals surface area contributed by atoms with Crippen molar-refractivity contribution < 1.29 is 9.36 Å². The molecule has 2 N–H and O–H groups in total. The molecule has 0 aliphatic carbocycles. The molecular weight excluding hydrogens is 202 g/mol. The van der Waals surface area contributed by atoms with Crippen LogP contribution < -0.4 is 5.90 Å². The maximum absolute atomic E-state index is 4.92. The lowest BCUT2D eigenvalue weighted by molar-refractivity contribution is 0.0996. The lowest BCUT2D eigenvalue weighted by Gasteiger charge is -1.89. The van der Waals surface area contributed by atoms with Crippen LogP contribution in [0.3, 0.4) is 0 Å². The third-order valence-corrected chi connectivity index (χ3v) is 2.63. The Morgan fingerprint density at radius 1 is 1.57 bits per heavy atom. The highest BCUT2D eigenvalue weighted by Crippen LogP contribution is 2.23. The Bertz CT molecular complexity index is 424. The van der Waals surface area contributed by atoms with Gasteiger partial charge in [0.15, 0.2) is 0 Å². The molecule has 2 aromatic rings. The van der Waals surface area contributed by atoms with E-state index in [0.717, 1.165) is 11.1 Å². The van der Waals surface area contributed by atoms with Crippen molar-refractivity contribution in [3.05, 3.63) is 22.2 Å². The SMILES string of the molecule is Cc1cscc1-c1noc(CON)n1. The molecule has 74 valence electrons. The number of nitrogens with zero attached hydrogens (tertiary/aromatic N) is 2. The Labute approximate surface area is 84.5 Å². The van der Waals surface area contributed by atoms with Gasteiger partial charge in [0.25, 0.3) is 5.89 Å². The van der Waals surface area contributed by atoms with Crippen LogP contribution in [0.5, 0.6) is 0 Å². The standard InChI is InChI=1S/C8H9N3O2S/c1-5-3-14-4-6(5)8-10-7(2-12-9)13-11-8/h3-4H,2,9H2,1H3. The highest BCUT2D eigenvalue weighted by Gasteiger charge is 2.10. The van der Waals surface area contributed by atoms with E-state index in [4.69, 9.17) is 10.4 Å². The molecule has 0 aromatic carbocycles. The fraction of sp³-hybridized carbons (Fsp3) is 0.250. The van der Waals surface area contributed by atoms with E-state index in [0.29, 0.717) is 11.7 Å².